The zero-order valence-electron chi connectivity index (χ0n) is 17.5. The van der Waals surface area contributed by atoms with Gasteiger partial charge in [-0.1, -0.05) is 11.2 Å². The van der Waals surface area contributed by atoms with Crippen molar-refractivity contribution in [1.29, 1.82) is 0 Å². The number of carbonyl (C=O) groups excluding carboxylic acids is 2. The molecule has 1 amide bonds. The lowest BCUT2D eigenvalue weighted by Crippen LogP contribution is -2.31. The number of esters is 1. The molecule has 8 nitrogen and oxygen atoms in total. The van der Waals surface area contributed by atoms with Crippen LogP contribution in [0.1, 0.15) is 35.4 Å². The van der Waals surface area contributed by atoms with Gasteiger partial charge in [0.1, 0.15) is 12.4 Å². The quantitative estimate of drug-likeness (QED) is 0.484. The molecule has 0 atom stereocenters. The Morgan fingerprint density at radius 2 is 1.97 bits per heavy atom. The van der Waals surface area contributed by atoms with Crippen molar-refractivity contribution in [2.45, 2.75) is 33.3 Å². The van der Waals surface area contributed by atoms with Gasteiger partial charge in [0.15, 0.2) is 18.1 Å². The minimum atomic E-state index is -0.569. The van der Waals surface area contributed by atoms with E-state index in [0.717, 1.165) is 42.8 Å². The molecule has 0 aliphatic carbocycles. The molecule has 2 heterocycles. The number of amides is 1. The molecule has 0 N–H and O–H groups in total. The van der Waals surface area contributed by atoms with Crippen molar-refractivity contribution in [3.8, 4) is 11.5 Å². The van der Waals surface area contributed by atoms with Gasteiger partial charge in [0.2, 0.25) is 0 Å². The summed E-state index contributed by atoms with van der Waals surface area (Å²) in [5, 5.41) is 3.91. The predicted octanol–water partition coefficient (Wildman–Crippen LogP) is 3.06. The summed E-state index contributed by atoms with van der Waals surface area (Å²) in [5.74, 6) is 1.08. The van der Waals surface area contributed by atoms with Crippen LogP contribution in [-0.2, 0) is 20.9 Å². The second-order valence-electron chi connectivity index (χ2n) is 7.03. The summed E-state index contributed by atoms with van der Waals surface area (Å²) in [6, 6.07) is 5.31. The van der Waals surface area contributed by atoms with Crippen molar-refractivity contribution in [3.63, 3.8) is 0 Å². The Bertz CT molecular complexity index is 908. The number of hydrogen-bond donors (Lipinski definition) is 0. The van der Waals surface area contributed by atoms with Crippen molar-refractivity contribution in [2.24, 2.45) is 0 Å². The maximum Gasteiger partial charge on any atom is 0.331 e. The number of aryl methyl sites for hydroxylation is 2. The van der Waals surface area contributed by atoms with E-state index in [-0.39, 0.29) is 12.5 Å². The number of carbonyl (C=O) groups is 2. The van der Waals surface area contributed by atoms with Gasteiger partial charge >= 0.3 is 5.97 Å². The highest BCUT2D eigenvalue weighted by Gasteiger charge is 2.18. The first-order valence-electron chi connectivity index (χ1n) is 9.83. The van der Waals surface area contributed by atoms with E-state index < -0.39 is 5.97 Å². The van der Waals surface area contributed by atoms with Crippen molar-refractivity contribution in [2.75, 3.05) is 26.8 Å². The third-order valence-electron chi connectivity index (χ3n) is 4.95. The molecule has 0 saturated carbocycles. The molecule has 1 aromatic carbocycles. The number of hydrogen-bond acceptors (Lipinski definition) is 7. The third-order valence-corrected chi connectivity index (χ3v) is 4.95. The Labute approximate surface area is 175 Å². The van der Waals surface area contributed by atoms with Crippen LogP contribution in [0.25, 0.3) is 6.08 Å². The molecule has 1 aliphatic heterocycles. The lowest BCUT2D eigenvalue weighted by atomic mass is 10.2. The highest BCUT2D eigenvalue weighted by molar-refractivity contribution is 5.89. The minimum absolute atomic E-state index is 0.157. The fraction of sp³-hybridized carbons (Fsp3) is 0.409. The van der Waals surface area contributed by atoms with Gasteiger partial charge in [0.05, 0.1) is 18.4 Å². The average Bonchev–Trinajstić information content (AvgIpc) is 3.40. The van der Waals surface area contributed by atoms with Crippen LogP contribution in [0.3, 0.4) is 0 Å². The topological polar surface area (TPSA) is 91.1 Å². The maximum atomic E-state index is 11.9. The predicted molar refractivity (Wildman–Crippen MR) is 109 cm³/mol. The van der Waals surface area contributed by atoms with E-state index in [2.05, 4.69) is 5.16 Å². The lowest BCUT2D eigenvalue weighted by molar-refractivity contribution is -0.147. The van der Waals surface area contributed by atoms with Gasteiger partial charge in [0, 0.05) is 19.2 Å². The summed E-state index contributed by atoms with van der Waals surface area (Å²) in [6.07, 6.45) is 4.89. The first kappa shape index (κ1) is 21.4. The van der Waals surface area contributed by atoms with Crippen LogP contribution in [0.2, 0.25) is 0 Å². The van der Waals surface area contributed by atoms with Gasteiger partial charge in [-0.3, -0.25) is 4.79 Å². The van der Waals surface area contributed by atoms with Crippen LogP contribution in [0.15, 0.2) is 28.8 Å². The number of benzene rings is 1. The van der Waals surface area contributed by atoms with E-state index in [9.17, 15) is 9.59 Å². The van der Waals surface area contributed by atoms with Gasteiger partial charge in [0.25, 0.3) is 5.91 Å². The molecule has 2 aromatic rings. The Hall–Kier alpha value is -3.29. The van der Waals surface area contributed by atoms with Crippen LogP contribution in [0, 0.1) is 13.8 Å². The second kappa shape index (κ2) is 9.96. The Morgan fingerprint density at radius 1 is 1.20 bits per heavy atom. The molecular formula is C22H26N2O6. The zero-order chi connectivity index (χ0) is 21.5. The summed E-state index contributed by atoms with van der Waals surface area (Å²) in [4.78, 5) is 25.5. The highest BCUT2D eigenvalue weighted by atomic mass is 16.5. The lowest BCUT2D eigenvalue weighted by Gasteiger charge is -2.14. The summed E-state index contributed by atoms with van der Waals surface area (Å²) in [6.45, 7) is 5.23. The molecule has 0 radical (unpaired) electrons. The fourth-order valence-electron chi connectivity index (χ4n) is 3.17. The Morgan fingerprint density at radius 3 is 2.63 bits per heavy atom. The van der Waals surface area contributed by atoms with E-state index in [4.69, 9.17) is 18.7 Å². The van der Waals surface area contributed by atoms with E-state index in [1.165, 1.54) is 6.08 Å². The van der Waals surface area contributed by atoms with Crippen molar-refractivity contribution >= 4 is 18.0 Å². The van der Waals surface area contributed by atoms with Crippen LogP contribution < -0.4 is 9.47 Å². The van der Waals surface area contributed by atoms with Crippen molar-refractivity contribution < 1.29 is 28.3 Å². The molecule has 8 heteroatoms. The van der Waals surface area contributed by atoms with Gasteiger partial charge in [-0.05, 0) is 50.5 Å². The smallest absolute Gasteiger partial charge is 0.331 e. The van der Waals surface area contributed by atoms with E-state index in [1.807, 2.05) is 13.8 Å². The second-order valence-corrected chi connectivity index (χ2v) is 7.03. The summed E-state index contributed by atoms with van der Waals surface area (Å²) in [7, 11) is 1.55. The molecule has 160 valence electrons. The molecule has 3 rings (SSSR count). The monoisotopic (exact) mass is 414 g/mol. The zero-order valence-corrected chi connectivity index (χ0v) is 17.5. The number of nitrogens with zero attached hydrogens (tertiary/aromatic N) is 2. The van der Waals surface area contributed by atoms with Gasteiger partial charge in [-0.25, -0.2) is 4.79 Å². The minimum Gasteiger partial charge on any atom is -0.493 e. The summed E-state index contributed by atoms with van der Waals surface area (Å²) in [5.41, 5.74) is 2.42. The van der Waals surface area contributed by atoms with E-state index in [0.29, 0.717) is 23.9 Å². The van der Waals surface area contributed by atoms with E-state index in [1.54, 1.807) is 36.3 Å². The third kappa shape index (κ3) is 5.40. The fourth-order valence-corrected chi connectivity index (χ4v) is 3.17. The standard InChI is InChI=1S/C22H26N2O6/c1-15-18(16(2)30-23-15)13-28-19-8-6-17(12-20(19)27-3)7-9-22(26)29-14-21(25)24-10-4-5-11-24/h6-9,12H,4-5,10-11,13-14H2,1-3H3/b9-7+. The first-order valence-corrected chi connectivity index (χ1v) is 9.83. The normalized spacial score (nSPS) is 13.6. The SMILES string of the molecule is COc1cc(/C=C/C(=O)OCC(=O)N2CCCC2)ccc1OCc1c(C)noc1C. The molecule has 1 fully saturated rings. The number of aromatic nitrogens is 1. The Kier molecular flexibility index (Phi) is 7.11. The van der Waals surface area contributed by atoms with Gasteiger partial charge in [-0.15, -0.1) is 0 Å². The first-order chi connectivity index (χ1) is 14.5. The van der Waals surface area contributed by atoms with Crippen molar-refractivity contribution in [3.05, 3.63) is 46.9 Å². The average molecular weight is 414 g/mol. The molecular weight excluding hydrogens is 388 g/mol. The molecule has 1 aromatic heterocycles. The summed E-state index contributed by atoms with van der Waals surface area (Å²) >= 11 is 0. The highest BCUT2D eigenvalue weighted by Crippen LogP contribution is 2.30. The van der Waals surface area contributed by atoms with E-state index >= 15 is 0 Å². The molecule has 1 aliphatic rings. The van der Waals surface area contributed by atoms with Gasteiger partial charge in [-0.2, -0.15) is 0 Å². The van der Waals surface area contributed by atoms with Crippen LogP contribution in [0.4, 0.5) is 0 Å². The largest absolute Gasteiger partial charge is 0.493 e. The van der Waals surface area contributed by atoms with Crippen LogP contribution >= 0.6 is 0 Å². The molecule has 1 saturated heterocycles. The number of methoxy groups -OCH3 is 1. The van der Waals surface area contributed by atoms with Gasteiger partial charge < -0.3 is 23.6 Å². The Balaban J connectivity index is 1.55. The van der Waals surface area contributed by atoms with Crippen LogP contribution in [0.5, 0.6) is 11.5 Å². The number of ether oxygens (including phenoxy) is 3. The molecule has 0 spiro atoms. The van der Waals surface area contributed by atoms with Crippen LogP contribution in [-0.4, -0.2) is 48.7 Å². The molecule has 0 bridgehead atoms. The van der Waals surface area contributed by atoms with Crippen molar-refractivity contribution in [1.82, 2.24) is 10.1 Å². The summed E-state index contributed by atoms with van der Waals surface area (Å²) < 4.78 is 21.4. The maximum absolute atomic E-state index is 11.9. The number of likely N-dealkylation sites (tertiary alicyclic amines) is 1. The molecule has 0 unspecified atom stereocenters. The molecule has 30 heavy (non-hydrogen) atoms. The number of rotatable bonds is 8.